The Labute approximate surface area is 171 Å². The van der Waals surface area contributed by atoms with Crippen molar-refractivity contribution in [1.82, 2.24) is 4.31 Å². The number of nitrogens with zero attached hydrogens (tertiary/aromatic N) is 1. The van der Waals surface area contributed by atoms with Crippen LogP contribution in [0.4, 0.5) is 10.1 Å². The van der Waals surface area contributed by atoms with Gasteiger partial charge in [-0.25, -0.2) is 12.8 Å². The van der Waals surface area contributed by atoms with Gasteiger partial charge < -0.3 is 10.2 Å². The molecule has 1 saturated heterocycles. The Hall–Kier alpha value is -2.29. The lowest BCUT2D eigenvalue weighted by Gasteiger charge is -2.31. The molecule has 0 saturated carbocycles. The van der Waals surface area contributed by atoms with Crippen LogP contribution in [0.5, 0.6) is 0 Å². The van der Waals surface area contributed by atoms with E-state index < -0.39 is 15.8 Å². The molecule has 0 radical (unpaired) electrons. The van der Waals surface area contributed by atoms with Crippen LogP contribution in [0.1, 0.15) is 16.7 Å². The number of aryl methyl sites for hydroxylation is 3. The van der Waals surface area contributed by atoms with Gasteiger partial charge >= 0.3 is 0 Å². The van der Waals surface area contributed by atoms with Crippen molar-refractivity contribution >= 4 is 21.6 Å². The lowest BCUT2D eigenvalue weighted by atomic mass is 10.2. The highest BCUT2D eigenvalue weighted by Crippen LogP contribution is 2.21. The zero-order valence-corrected chi connectivity index (χ0v) is 17.8. The van der Waals surface area contributed by atoms with Crippen LogP contribution in [0.25, 0.3) is 0 Å². The maximum absolute atomic E-state index is 13.9. The normalized spacial score (nSPS) is 16.0. The van der Waals surface area contributed by atoms with Crippen molar-refractivity contribution in [3.63, 3.8) is 0 Å². The molecule has 0 spiro atoms. The second kappa shape index (κ2) is 8.61. The molecule has 1 heterocycles. The van der Waals surface area contributed by atoms with Gasteiger partial charge in [0.25, 0.3) is 5.91 Å². The van der Waals surface area contributed by atoms with Gasteiger partial charge in [-0.2, -0.15) is 4.31 Å². The summed E-state index contributed by atoms with van der Waals surface area (Å²) in [7, 11) is -3.55. The number of hydrogen-bond donors (Lipinski definition) is 2. The van der Waals surface area contributed by atoms with E-state index in [1.807, 2.05) is 13.0 Å². The molecule has 1 amide bonds. The smallest absolute Gasteiger partial charge is 0.279 e. The van der Waals surface area contributed by atoms with Gasteiger partial charge in [0.1, 0.15) is 5.82 Å². The number of benzene rings is 2. The Morgan fingerprint density at radius 1 is 1.07 bits per heavy atom. The van der Waals surface area contributed by atoms with Crippen molar-refractivity contribution < 1.29 is 22.5 Å². The van der Waals surface area contributed by atoms with Crippen molar-refractivity contribution in [3.8, 4) is 0 Å². The van der Waals surface area contributed by atoms with Crippen LogP contribution >= 0.6 is 0 Å². The first-order valence-corrected chi connectivity index (χ1v) is 11.1. The molecule has 1 aliphatic rings. The van der Waals surface area contributed by atoms with Crippen LogP contribution in [-0.2, 0) is 14.8 Å². The fourth-order valence-corrected chi connectivity index (χ4v) is 5.24. The zero-order valence-electron chi connectivity index (χ0n) is 17.0. The van der Waals surface area contributed by atoms with Gasteiger partial charge in [0.2, 0.25) is 10.0 Å². The van der Waals surface area contributed by atoms with Crippen LogP contribution in [0, 0.1) is 26.6 Å². The SMILES string of the molecule is Cc1ccc(S(=O)(=O)N2CC[NH+](CC(=O)Nc3ccc(C)cc3F)CC2)c(C)c1. The molecule has 29 heavy (non-hydrogen) atoms. The molecule has 0 aliphatic carbocycles. The third kappa shape index (κ3) is 5.01. The van der Waals surface area contributed by atoms with E-state index in [-0.39, 0.29) is 18.1 Å². The van der Waals surface area contributed by atoms with Gasteiger partial charge in [-0.1, -0.05) is 23.8 Å². The van der Waals surface area contributed by atoms with E-state index >= 15 is 0 Å². The minimum atomic E-state index is -3.55. The Morgan fingerprint density at radius 3 is 2.31 bits per heavy atom. The first-order valence-electron chi connectivity index (χ1n) is 9.64. The number of sulfonamides is 1. The Morgan fingerprint density at radius 2 is 1.69 bits per heavy atom. The molecular formula is C21H27FN3O3S+. The third-order valence-corrected chi connectivity index (χ3v) is 7.25. The van der Waals surface area contributed by atoms with Gasteiger partial charge in [0, 0.05) is 0 Å². The van der Waals surface area contributed by atoms with Crippen LogP contribution < -0.4 is 10.2 Å². The molecule has 1 fully saturated rings. The number of carbonyl (C=O) groups is 1. The monoisotopic (exact) mass is 420 g/mol. The summed E-state index contributed by atoms with van der Waals surface area (Å²) in [4.78, 5) is 13.6. The van der Waals surface area contributed by atoms with Gasteiger partial charge in [-0.15, -0.1) is 0 Å². The van der Waals surface area contributed by atoms with E-state index in [0.717, 1.165) is 21.6 Å². The lowest BCUT2D eigenvalue weighted by Crippen LogP contribution is -3.15. The molecule has 1 aliphatic heterocycles. The molecule has 0 aromatic heterocycles. The van der Waals surface area contributed by atoms with Crippen LogP contribution in [0.15, 0.2) is 41.3 Å². The van der Waals surface area contributed by atoms with Gasteiger partial charge in [0.15, 0.2) is 6.54 Å². The number of piperazine rings is 1. The molecule has 0 bridgehead atoms. The molecule has 156 valence electrons. The fourth-order valence-electron chi connectivity index (χ4n) is 3.59. The quantitative estimate of drug-likeness (QED) is 0.766. The minimum Gasteiger partial charge on any atom is -0.325 e. The van der Waals surface area contributed by atoms with Crippen molar-refractivity contribution in [1.29, 1.82) is 0 Å². The molecule has 0 unspecified atom stereocenters. The second-order valence-corrected chi connectivity index (χ2v) is 9.54. The molecule has 8 heteroatoms. The number of rotatable bonds is 5. The van der Waals surface area contributed by atoms with Gasteiger partial charge in [0.05, 0.1) is 36.8 Å². The van der Waals surface area contributed by atoms with E-state index in [9.17, 15) is 17.6 Å². The summed E-state index contributed by atoms with van der Waals surface area (Å²) >= 11 is 0. The third-order valence-electron chi connectivity index (χ3n) is 5.19. The fraction of sp³-hybridized carbons (Fsp3) is 0.381. The van der Waals surface area contributed by atoms with E-state index in [2.05, 4.69) is 5.32 Å². The van der Waals surface area contributed by atoms with Gasteiger partial charge in [-0.05, 0) is 50.1 Å². The summed E-state index contributed by atoms with van der Waals surface area (Å²) in [6.45, 7) is 7.42. The summed E-state index contributed by atoms with van der Waals surface area (Å²) in [5.74, 6) is -0.744. The number of hydrogen-bond acceptors (Lipinski definition) is 3. The largest absolute Gasteiger partial charge is 0.325 e. The standard InChI is InChI=1S/C21H26FN3O3S/c1-15-5-7-20(17(3)12-15)29(27,28)25-10-8-24(9-11-25)14-21(26)23-19-6-4-16(2)13-18(19)22/h4-7,12-13H,8-11,14H2,1-3H3,(H,23,26)/p+1. The molecule has 2 aromatic rings. The number of amides is 1. The number of anilines is 1. The summed E-state index contributed by atoms with van der Waals surface area (Å²) in [6, 6.07) is 9.98. The minimum absolute atomic E-state index is 0.163. The predicted octanol–water partition coefficient (Wildman–Crippen LogP) is 1.28. The molecule has 2 N–H and O–H groups in total. The van der Waals surface area contributed by atoms with Crippen molar-refractivity contribution in [2.45, 2.75) is 25.7 Å². The molecule has 0 atom stereocenters. The highest BCUT2D eigenvalue weighted by Gasteiger charge is 2.32. The maximum atomic E-state index is 13.9. The average Bonchev–Trinajstić information content (AvgIpc) is 2.64. The first-order chi connectivity index (χ1) is 13.7. The van der Waals surface area contributed by atoms with Crippen molar-refractivity contribution in [2.24, 2.45) is 0 Å². The average molecular weight is 421 g/mol. The Bertz CT molecular complexity index is 1020. The summed E-state index contributed by atoms with van der Waals surface area (Å²) < 4.78 is 41.3. The highest BCUT2D eigenvalue weighted by atomic mass is 32.2. The van der Waals surface area contributed by atoms with Crippen LogP contribution in [0.3, 0.4) is 0 Å². The zero-order chi connectivity index (χ0) is 21.2. The highest BCUT2D eigenvalue weighted by molar-refractivity contribution is 7.89. The number of halogens is 1. The van der Waals surface area contributed by atoms with E-state index in [1.54, 1.807) is 38.1 Å². The maximum Gasteiger partial charge on any atom is 0.279 e. The predicted molar refractivity (Wildman–Crippen MR) is 110 cm³/mol. The second-order valence-electron chi connectivity index (χ2n) is 7.63. The van der Waals surface area contributed by atoms with Gasteiger partial charge in [-0.3, -0.25) is 4.79 Å². The summed E-state index contributed by atoms with van der Waals surface area (Å²) in [6.07, 6.45) is 0. The van der Waals surface area contributed by atoms with E-state index in [4.69, 9.17) is 0 Å². The molecular weight excluding hydrogens is 393 g/mol. The van der Waals surface area contributed by atoms with E-state index in [1.165, 1.54) is 10.4 Å². The van der Waals surface area contributed by atoms with Crippen LogP contribution in [0.2, 0.25) is 0 Å². The lowest BCUT2D eigenvalue weighted by molar-refractivity contribution is -0.895. The molecule has 6 nitrogen and oxygen atoms in total. The molecule has 3 rings (SSSR count). The Kier molecular flexibility index (Phi) is 6.36. The summed E-state index contributed by atoms with van der Waals surface area (Å²) in [5.41, 5.74) is 2.70. The van der Waals surface area contributed by atoms with Crippen molar-refractivity contribution in [2.75, 3.05) is 38.0 Å². The van der Waals surface area contributed by atoms with Crippen LogP contribution in [-0.4, -0.2) is 51.4 Å². The van der Waals surface area contributed by atoms with Crippen molar-refractivity contribution in [3.05, 3.63) is 58.9 Å². The summed E-state index contributed by atoms with van der Waals surface area (Å²) in [5, 5.41) is 2.60. The Balaban J connectivity index is 1.58. The molecule has 2 aromatic carbocycles. The number of quaternary nitrogens is 1. The number of carbonyl (C=O) groups excluding carboxylic acids is 1. The van der Waals surface area contributed by atoms with E-state index in [0.29, 0.717) is 31.1 Å². The first kappa shape index (κ1) is 21.4. The topological polar surface area (TPSA) is 70.9 Å². The number of nitrogens with one attached hydrogen (secondary N) is 2.